The molecule has 0 fully saturated rings. The minimum Gasteiger partial charge on any atom is -0.464 e. The summed E-state index contributed by atoms with van der Waals surface area (Å²) in [7, 11) is 1.17. The zero-order valence-corrected chi connectivity index (χ0v) is 11.1. The SMILES string of the molecule is CCOC(CO[C@@H](OC(C)=O)C(=O)OC)OCC. The van der Waals surface area contributed by atoms with Gasteiger partial charge in [0, 0.05) is 20.1 Å². The van der Waals surface area contributed by atoms with E-state index >= 15 is 0 Å². The second-order valence-corrected chi connectivity index (χ2v) is 3.14. The molecule has 1 atom stereocenters. The monoisotopic (exact) mass is 264 g/mol. The van der Waals surface area contributed by atoms with Crippen LogP contribution in [-0.2, 0) is 33.3 Å². The molecule has 0 amide bonds. The van der Waals surface area contributed by atoms with Crippen LogP contribution in [0.4, 0.5) is 0 Å². The highest BCUT2D eigenvalue weighted by atomic mass is 16.7. The van der Waals surface area contributed by atoms with E-state index < -0.39 is 24.5 Å². The van der Waals surface area contributed by atoms with Crippen molar-refractivity contribution in [1.82, 2.24) is 0 Å². The molecule has 18 heavy (non-hydrogen) atoms. The van der Waals surface area contributed by atoms with E-state index in [0.717, 1.165) is 0 Å². The normalized spacial score (nSPS) is 12.3. The van der Waals surface area contributed by atoms with E-state index in [4.69, 9.17) is 14.2 Å². The lowest BCUT2D eigenvalue weighted by molar-refractivity contribution is -0.224. The summed E-state index contributed by atoms with van der Waals surface area (Å²) in [5.41, 5.74) is 0. The Kier molecular flexibility index (Phi) is 9.17. The van der Waals surface area contributed by atoms with Crippen LogP contribution in [0.3, 0.4) is 0 Å². The summed E-state index contributed by atoms with van der Waals surface area (Å²) in [5, 5.41) is 0. The summed E-state index contributed by atoms with van der Waals surface area (Å²) in [5.74, 6) is -1.44. The van der Waals surface area contributed by atoms with Crippen molar-refractivity contribution < 1.29 is 33.3 Å². The summed E-state index contributed by atoms with van der Waals surface area (Å²) in [6, 6.07) is 0. The molecule has 106 valence electrons. The predicted octanol–water partition coefficient (Wildman–Crippen LogP) is 0.464. The van der Waals surface area contributed by atoms with Crippen LogP contribution in [0.2, 0.25) is 0 Å². The van der Waals surface area contributed by atoms with Crippen molar-refractivity contribution in [3.05, 3.63) is 0 Å². The summed E-state index contributed by atoms with van der Waals surface area (Å²) in [6.45, 7) is 5.59. The molecule has 0 N–H and O–H groups in total. The van der Waals surface area contributed by atoms with Crippen molar-refractivity contribution in [3.63, 3.8) is 0 Å². The maximum atomic E-state index is 11.3. The molecule has 0 saturated carbocycles. The maximum Gasteiger partial charge on any atom is 0.376 e. The first-order valence-corrected chi connectivity index (χ1v) is 5.64. The van der Waals surface area contributed by atoms with E-state index in [1.807, 2.05) is 0 Å². The molecular weight excluding hydrogens is 244 g/mol. The lowest BCUT2D eigenvalue weighted by Gasteiger charge is -2.20. The Bertz CT molecular complexity index is 248. The highest BCUT2D eigenvalue weighted by Crippen LogP contribution is 2.03. The van der Waals surface area contributed by atoms with Gasteiger partial charge in [-0.25, -0.2) is 4.79 Å². The molecule has 0 saturated heterocycles. The van der Waals surface area contributed by atoms with Crippen molar-refractivity contribution in [2.45, 2.75) is 33.4 Å². The fraction of sp³-hybridized carbons (Fsp3) is 0.818. The Morgan fingerprint density at radius 1 is 1.06 bits per heavy atom. The lowest BCUT2D eigenvalue weighted by atomic mass is 10.6. The van der Waals surface area contributed by atoms with Gasteiger partial charge in [-0.05, 0) is 13.8 Å². The number of rotatable bonds is 9. The Morgan fingerprint density at radius 2 is 1.61 bits per heavy atom. The maximum absolute atomic E-state index is 11.3. The Hall–Kier alpha value is -1.18. The van der Waals surface area contributed by atoms with E-state index in [1.165, 1.54) is 14.0 Å². The Balaban J connectivity index is 4.28. The molecule has 0 spiro atoms. The fourth-order valence-electron chi connectivity index (χ4n) is 1.08. The largest absolute Gasteiger partial charge is 0.464 e. The summed E-state index contributed by atoms with van der Waals surface area (Å²) < 4.78 is 24.6. The lowest BCUT2D eigenvalue weighted by Crippen LogP contribution is -2.34. The van der Waals surface area contributed by atoms with Crippen molar-refractivity contribution in [1.29, 1.82) is 0 Å². The van der Waals surface area contributed by atoms with Crippen molar-refractivity contribution in [3.8, 4) is 0 Å². The quantitative estimate of drug-likeness (QED) is 0.442. The number of carbonyl (C=O) groups excluding carboxylic acids is 2. The van der Waals surface area contributed by atoms with Gasteiger partial charge >= 0.3 is 18.2 Å². The van der Waals surface area contributed by atoms with Gasteiger partial charge in [-0.2, -0.15) is 0 Å². The molecule has 0 radical (unpaired) electrons. The van der Waals surface area contributed by atoms with Gasteiger partial charge < -0.3 is 23.7 Å². The van der Waals surface area contributed by atoms with E-state index in [-0.39, 0.29) is 6.61 Å². The highest BCUT2D eigenvalue weighted by molar-refractivity contribution is 5.77. The topological polar surface area (TPSA) is 80.3 Å². The number of carbonyl (C=O) groups is 2. The standard InChI is InChI=1S/C11H20O7/c1-5-15-9(16-6-2)7-17-11(10(13)14-4)18-8(3)12/h9,11H,5-7H2,1-4H3/t11-/m0/s1. The minimum atomic E-state index is -1.41. The third kappa shape index (κ3) is 7.21. The van der Waals surface area contributed by atoms with Gasteiger partial charge in [0.25, 0.3) is 0 Å². The van der Waals surface area contributed by atoms with E-state index in [9.17, 15) is 9.59 Å². The number of ether oxygens (including phenoxy) is 5. The number of hydrogen-bond acceptors (Lipinski definition) is 7. The van der Waals surface area contributed by atoms with Crippen molar-refractivity contribution in [2.75, 3.05) is 26.9 Å². The average molecular weight is 264 g/mol. The molecule has 0 rings (SSSR count). The molecule has 7 nitrogen and oxygen atoms in total. The molecule has 0 bridgehead atoms. The van der Waals surface area contributed by atoms with E-state index in [2.05, 4.69) is 9.47 Å². The van der Waals surface area contributed by atoms with Crippen molar-refractivity contribution in [2.24, 2.45) is 0 Å². The second kappa shape index (κ2) is 9.81. The Labute approximate surface area is 106 Å². The number of methoxy groups -OCH3 is 1. The second-order valence-electron chi connectivity index (χ2n) is 3.14. The first kappa shape index (κ1) is 16.8. The average Bonchev–Trinajstić information content (AvgIpc) is 2.33. The van der Waals surface area contributed by atoms with Crippen LogP contribution in [0.25, 0.3) is 0 Å². The molecule has 0 heterocycles. The molecule has 0 aromatic heterocycles. The van der Waals surface area contributed by atoms with Crippen molar-refractivity contribution >= 4 is 11.9 Å². The van der Waals surface area contributed by atoms with Gasteiger partial charge in [0.15, 0.2) is 6.29 Å². The molecule has 7 heteroatoms. The fourth-order valence-corrected chi connectivity index (χ4v) is 1.08. The number of hydrogen-bond donors (Lipinski definition) is 0. The Morgan fingerprint density at radius 3 is 2.00 bits per heavy atom. The summed E-state index contributed by atoms with van der Waals surface area (Å²) >= 11 is 0. The third-order valence-electron chi connectivity index (χ3n) is 1.76. The van der Waals surface area contributed by atoms with Crippen LogP contribution >= 0.6 is 0 Å². The molecule has 0 aliphatic carbocycles. The first-order chi connectivity index (χ1) is 8.54. The van der Waals surface area contributed by atoms with Crippen LogP contribution in [-0.4, -0.2) is 51.4 Å². The third-order valence-corrected chi connectivity index (χ3v) is 1.76. The van der Waals surface area contributed by atoms with Gasteiger partial charge in [0.2, 0.25) is 0 Å². The smallest absolute Gasteiger partial charge is 0.376 e. The molecule has 0 aromatic rings. The summed E-state index contributed by atoms with van der Waals surface area (Å²) in [4.78, 5) is 22.1. The highest BCUT2D eigenvalue weighted by Gasteiger charge is 2.25. The van der Waals surface area contributed by atoms with Gasteiger partial charge in [0.1, 0.15) is 6.61 Å². The van der Waals surface area contributed by atoms with Gasteiger partial charge in [-0.3, -0.25) is 4.79 Å². The number of esters is 2. The van der Waals surface area contributed by atoms with Crippen LogP contribution < -0.4 is 0 Å². The van der Waals surface area contributed by atoms with Crippen LogP contribution in [0.1, 0.15) is 20.8 Å². The molecule has 0 aliphatic heterocycles. The minimum absolute atomic E-state index is 0.0469. The van der Waals surface area contributed by atoms with E-state index in [1.54, 1.807) is 13.8 Å². The zero-order chi connectivity index (χ0) is 14.0. The van der Waals surface area contributed by atoms with Gasteiger partial charge in [0.05, 0.1) is 7.11 Å². The van der Waals surface area contributed by atoms with Gasteiger partial charge in [-0.15, -0.1) is 0 Å². The molecule has 0 unspecified atom stereocenters. The van der Waals surface area contributed by atoms with Crippen LogP contribution in [0.5, 0.6) is 0 Å². The summed E-state index contributed by atoms with van der Waals surface area (Å²) in [6.07, 6.45) is -2.03. The van der Waals surface area contributed by atoms with Crippen LogP contribution in [0, 0.1) is 0 Å². The molecule has 0 aromatic carbocycles. The zero-order valence-electron chi connectivity index (χ0n) is 11.1. The molecular formula is C11H20O7. The molecule has 0 aliphatic rings. The predicted molar refractivity (Wildman–Crippen MR) is 60.6 cm³/mol. The first-order valence-electron chi connectivity index (χ1n) is 5.64. The van der Waals surface area contributed by atoms with Crippen LogP contribution in [0.15, 0.2) is 0 Å². The van der Waals surface area contributed by atoms with Gasteiger partial charge in [-0.1, -0.05) is 0 Å². The van der Waals surface area contributed by atoms with E-state index in [0.29, 0.717) is 13.2 Å².